The lowest BCUT2D eigenvalue weighted by molar-refractivity contribution is 0.686. The number of aryl methyl sites for hydroxylation is 2. The van der Waals surface area contributed by atoms with E-state index in [1.807, 2.05) is 36.0 Å². The predicted molar refractivity (Wildman–Crippen MR) is 153 cm³/mol. The third-order valence-electron chi connectivity index (χ3n) is 4.96. The van der Waals surface area contributed by atoms with Gasteiger partial charge in [0, 0.05) is 52.4 Å². The number of benzene rings is 4. The quantitative estimate of drug-likeness (QED) is 0.237. The van der Waals surface area contributed by atoms with Crippen LogP contribution in [0.25, 0.3) is 0 Å². The van der Waals surface area contributed by atoms with Crippen LogP contribution in [0, 0.1) is 13.8 Å². The molecule has 176 valence electrons. The first-order valence-electron chi connectivity index (χ1n) is 10.9. The van der Waals surface area contributed by atoms with E-state index in [0.29, 0.717) is 10.9 Å². The average Bonchev–Trinajstić information content (AvgIpc) is 2.83. The summed E-state index contributed by atoms with van der Waals surface area (Å²) in [4.78, 5) is 7.30. The first-order chi connectivity index (χ1) is 16.3. The zero-order chi connectivity index (χ0) is 24.5. The predicted octanol–water partition coefficient (Wildman–Crippen LogP) is 8.27. The second-order valence-electron chi connectivity index (χ2n) is 8.04. The molecule has 0 aromatic heterocycles. The van der Waals surface area contributed by atoms with Gasteiger partial charge < -0.3 is 0 Å². The molecular formula is C29H31OS4+. The summed E-state index contributed by atoms with van der Waals surface area (Å²) >= 11 is 3.54. The SMILES string of the molecule is Cc1ccc(Sc2ccc(S(C)=O)cc2)cc1.Cc1ccc(Sc2ccc([S+](C)C)cc2)cc1. The summed E-state index contributed by atoms with van der Waals surface area (Å²) in [5, 5.41) is 0. The smallest absolute Gasteiger partial charge is 0.154 e. The molecule has 0 heterocycles. The molecule has 0 fully saturated rings. The van der Waals surface area contributed by atoms with E-state index in [1.165, 1.54) is 35.6 Å². The Bertz CT molecular complexity index is 1180. The molecule has 0 radical (unpaired) electrons. The lowest BCUT2D eigenvalue weighted by Gasteiger charge is -2.03. The summed E-state index contributed by atoms with van der Waals surface area (Å²) in [5.74, 6) is 0. The molecular weight excluding hydrogens is 493 g/mol. The van der Waals surface area contributed by atoms with E-state index in [-0.39, 0.29) is 0 Å². The Morgan fingerprint density at radius 1 is 0.559 bits per heavy atom. The second kappa shape index (κ2) is 13.2. The molecule has 1 unspecified atom stereocenters. The van der Waals surface area contributed by atoms with Crippen LogP contribution in [0.1, 0.15) is 11.1 Å². The van der Waals surface area contributed by atoms with Crippen molar-refractivity contribution in [3.63, 3.8) is 0 Å². The summed E-state index contributed by atoms with van der Waals surface area (Å²) < 4.78 is 11.3. The van der Waals surface area contributed by atoms with Crippen LogP contribution in [0.2, 0.25) is 0 Å². The Labute approximate surface area is 218 Å². The van der Waals surface area contributed by atoms with E-state index >= 15 is 0 Å². The summed E-state index contributed by atoms with van der Waals surface area (Å²) in [7, 11) is -0.542. The molecule has 1 nitrogen and oxygen atoms in total. The van der Waals surface area contributed by atoms with Crippen molar-refractivity contribution in [2.75, 3.05) is 18.8 Å². The Balaban J connectivity index is 0.000000191. The van der Waals surface area contributed by atoms with Gasteiger partial charge in [0.25, 0.3) is 0 Å². The van der Waals surface area contributed by atoms with Crippen molar-refractivity contribution in [1.82, 2.24) is 0 Å². The third-order valence-corrected chi connectivity index (χ3v) is 9.15. The summed E-state index contributed by atoms with van der Waals surface area (Å²) in [5.41, 5.74) is 2.58. The first-order valence-corrected chi connectivity index (χ1v) is 16.1. The maximum absolute atomic E-state index is 11.3. The Morgan fingerprint density at radius 2 is 0.882 bits per heavy atom. The molecule has 5 heteroatoms. The maximum atomic E-state index is 11.3. The van der Waals surface area contributed by atoms with Crippen molar-refractivity contribution in [1.29, 1.82) is 0 Å². The number of hydrogen-bond acceptors (Lipinski definition) is 3. The summed E-state index contributed by atoms with van der Waals surface area (Å²) in [6.07, 6.45) is 6.20. The summed E-state index contributed by atoms with van der Waals surface area (Å²) in [6, 6.07) is 33.9. The fourth-order valence-corrected chi connectivity index (χ4v) is 5.80. The molecule has 34 heavy (non-hydrogen) atoms. The van der Waals surface area contributed by atoms with Crippen LogP contribution in [-0.4, -0.2) is 23.0 Å². The largest absolute Gasteiger partial charge is 0.255 e. The van der Waals surface area contributed by atoms with Crippen LogP contribution in [0.5, 0.6) is 0 Å². The second-order valence-corrected chi connectivity index (χ2v) is 13.8. The van der Waals surface area contributed by atoms with E-state index < -0.39 is 10.8 Å². The Kier molecular flexibility index (Phi) is 10.4. The van der Waals surface area contributed by atoms with E-state index in [4.69, 9.17) is 0 Å². The van der Waals surface area contributed by atoms with Crippen LogP contribution in [0.15, 0.2) is 126 Å². The van der Waals surface area contributed by atoms with Crippen molar-refractivity contribution in [2.24, 2.45) is 0 Å². The number of rotatable bonds is 6. The lowest BCUT2D eigenvalue weighted by atomic mass is 10.2. The van der Waals surface area contributed by atoms with Gasteiger partial charge in [0.1, 0.15) is 12.5 Å². The minimum absolute atomic E-state index is 0.354. The Hall–Kier alpha value is -1.92. The van der Waals surface area contributed by atoms with Crippen LogP contribution in [0.4, 0.5) is 0 Å². The van der Waals surface area contributed by atoms with Gasteiger partial charge in [-0.15, -0.1) is 0 Å². The fraction of sp³-hybridized carbons (Fsp3) is 0.172. The molecule has 4 aromatic rings. The molecule has 0 bridgehead atoms. The van der Waals surface area contributed by atoms with E-state index in [1.54, 1.807) is 18.0 Å². The van der Waals surface area contributed by atoms with Crippen LogP contribution < -0.4 is 0 Å². The van der Waals surface area contributed by atoms with Crippen molar-refractivity contribution in [3.05, 3.63) is 108 Å². The molecule has 4 rings (SSSR count). The van der Waals surface area contributed by atoms with Crippen molar-refractivity contribution in [2.45, 2.75) is 43.2 Å². The van der Waals surface area contributed by atoms with Crippen molar-refractivity contribution >= 4 is 45.2 Å². The highest BCUT2D eigenvalue weighted by molar-refractivity contribution is 7.99. The van der Waals surface area contributed by atoms with Crippen LogP contribution >= 0.6 is 23.5 Å². The highest BCUT2D eigenvalue weighted by Crippen LogP contribution is 2.29. The first kappa shape index (κ1) is 26.7. The molecule has 0 aliphatic rings. The minimum Gasteiger partial charge on any atom is -0.255 e. The van der Waals surface area contributed by atoms with Gasteiger partial charge in [-0.3, -0.25) is 4.21 Å². The lowest BCUT2D eigenvalue weighted by Crippen LogP contribution is -1.94. The van der Waals surface area contributed by atoms with Gasteiger partial charge in [-0.1, -0.05) is 58.9 Å². The molecule has 0 aliphatic carbocycles. The third kappa shape index (κ3) is 8.70. The maximum Gasteiger partial charge on any atom is 0.154 e. The molecule has 0 aliphatic heterocycles. The zero-order valence-electron chi connectivity index (χ0n) is 20.3. The van der Waals surface area contributed by atoms with Gasteiger partial charge in [-0.25, -0.2) is 0 Å². The van der Waals surface area contributed by atoms with E-state index in [0.717, 1.165) is 4.90 Å². The van der Waals surface area contributed by atoms with Gasteiger partial charge in [0.2, 0.25) is 0 Å². The number of hydrogen-bond donors (Lipinski definition) is 0. The van der Waals surface area contributed by atoms with Gasteiger partial charge in [0.05, 0.1) is 0 Å². The van der Waals surface area contributed by atoms with Gasteiger partial charge in [-0.2, -0.15) is 0 Å². The monoisotopic (exact) mass is 523 g/mol. The average molecular weight is 524 g/mol. The van der Waals surface area contributed by atoms with E-state index in [9.17, 15) is 4.21 Å². The normalized spacial score (nSPS) is 11.6. The van der Waals surface area contributed by atoms with Crippen molar-refractivity contribution in [3.8, 4) is 0 Å². The van der Waals surface area contributed by atoms with E-state index in [2.05, 4.69) is 99.2 Å². The standard InChI is InChI=1S/C15H17S2.C14H14OS2/c1-12-4-6-13(7-5-12)16-14-8-10-15(11-9-14)17(2)3;1-11-3-5-12(6-4-11)16-13-7-9-14(10-8-13)17(2)15/h4-11H,1-3H3;3-10H,1-2H3/q+1;. The molecule has 0 amide bonds. The minimum atomic E-state index is -0.896. The molecule has 0 saturated heterocycles. The molecule has 0 N–H and O–H groups in total. The van der Waals surface area contributed by atoms with Crippen LogP contribution in [0.3, 0.4) is 0 Å². The fourth-order valence-electron chi connectivity index (χ4n) is 2.96. The molecule has 1 atom stereocenters. The molecule has 4 aromatic carbocycles. The van der Waals surface area contributed by atoms with Gasteiger partial charge in [0.15, 0.2) is 4.90 Å². The summed E-state index contributed by atoms with van der Waals surface area (Å²) in [6.45, 7) is 4.20. The zero-order valence-corrected chi connectivity index (χ0v) is 23.5. The highest BCUT2D eigenvalue weighted by atomic mass is 32.2. The van der Waals surface area contributed by atoms with Gasteiger partial charge in [-0.05, 0) is 86.6 Å². The van der Waals surface area contributed by atoms with Crippen LogP contribution in [-0.2, 0) is 21.7 Å². The van der Waals surface area contributed by atoms with Gasteiger partial charge >= 0.3 is 0 Å². The molecule has 0 spiro atoms. The van der Waals surface area contributed by atoms with Crippen molar-refractivity contribution < 1.29 is 4.21 Å². The molecule has 0 saturated carbocycles. The topological polar surface area (TPSA) is 17.1 Å². The Morgan fingerprint density at radius 3 is 1.21 bits per heavy atom. The highest BCUT2D eigenvalue weighted by Gasteiger charge is 2.07.